The number of carbonyl (C=O) groups is 1. The van der Waals surface area contributed by atoms with Crippen LogP contribution in [0.5, 0.6) is 0 Å². The molecule has 1 N–H and O–H groups in total. The Morgan fingerprint density at radius 3 is 2.23 bits per heavy atom. The third-order valence-electron chi connectivity index (χ3n) is 4.07. The first kappa shape index (κ1) is 19.4. The van der Waals surface area contributed by atoms with Crippen molar-refractivity contribution in [2.45, 2.75) is 84.9 Å². The summed E-state index contributed by atoms with van der Waals surface area (Å²) < 4.78 is 5.27. The first-order chi connectivity index (χ1) is 10.0. The van der Waals surface area contributed by atoms with E-state index in [2.05, 4.69) is 46.9 Å². The Bertz CT molecular complexity index is 349. The molecule has 4 nitrogen and oxygen atoms in total. The van der Waals surface area contributed by atoms with Gasteiger partial charge in [0.2, 0.25) is 5.91 Å². The van der Waals surface area contributed by atoms with Crippen LogP contribution in [0.4, 0.5) is 0 Å². The molecule has 1 fully saturated rings. The molecular formula is C18H36N2O2. The second-order valence-electron chi connectivity index (χ2n) is 8.85. The molecule has 0 radical (unpaired) electrons. The van der Waals surface area contributed by atoms with E-state index in [0.29, 0.717) is 5.41 Å². The van der Waals surface area contributed by atoms with Crippen LogP contribution >= 0.6 is 0 Å². The zero-order valence-corrected chi connectivity index (χ0v) is 15.7. The molecule has 1 aliphatic heterocycles. The molecule has 0 spiro atoms. The molecule has 1 atom stereocenters. The minimum atomic E-state index is -0.0715. The predicted molar refractivity (Wildman–Crippen MR) is 92.0 cm³/mol. The molecule has 0 aromatic heterocycles. The smallest absolute Gasteiger partial charge is 0.239 e. The molecule has 1 unspecified atom stereocenters. The number of carbonyl (C=O) groups excluding carboxylic acids is 1. The van der Waals surface area contributed by atoms with Gasteiger partial charge in [0.05, 0.1) is 12.1 Å². The fraction of sp³-hybridized carbons (Fsp3) is 0.944. The lowest BCUT2D eigenvalue weighted by Crippen LogP contribution is -2.61. The van der Waals surface area contributed by atoms with E-state index in [1.54, 1.807) is 7.11 Å². The number of methoxy groups -OCH3 is 1. The van der Waals surface area contributed by atoms with Crippen molar-refractivity contribution in [3.8, 4) is 0 Å². The van der Waals surface area contributed by atoms with Gasteiger partial charge in [-0.15, -0.1) is 0 Å². The van der Waals surface area contributed by atoms with Gasteiger partial charge in [-0.3, -0.25) is 4.79 Å². The Hall–Kier alpha value is -0.610. The Kier molecular flexibility index (Phi) is 6.87. The number of rotatable bonds is 7. The Morgan fingerprint density at radius 2 is 1.77 bits per heavy atom. The number of likely N-dealkylation sites (tertiary alicyclic amines) is 1. The molecule has 0 aromatic rings. The van der Waals surface area contributed by atoms with Gasteiger partial charge < -0.3 is 15.0 Å². The van der Waals surface area contributed by atoms with Gasteiger partial charge in [0.15, 0.2) is 0 Å². The molecule has 0 saturated carbocycles. The van der Waals surface area contributed by atoms with E-state index in [1.165, 1.54) is 12.8 Å². The van der Waals surface area contributed by atoms with E-state index in [0.717, 1.165) is 25.9 Å². The molecule has 22 heavy (non-hydrogen) atoms. The van der Waals surface area contributed by atoms with E-state index in [4.69, 9.17) is 4.74 Å². The highest BCUT2D eigenvalue weighted by Gasteiger charge is 2.35. The van der Waals surface area contributed by atoms with Crippen LogP contribution in [-0.2, 0) is 9.53 Å². The Morgan fingerprint density at radius 1 is 1.18 bits per heavy atom. The zero-order chi connectivity index (χ0) is 17.0. The number of ether oxygens (including phenoxy) is 1. The van der Waals surface area contributed by atoms with Crippen molar-refractivity contribution in [1.82, 2.24) is 10.2 Å². The fourth-order valence-corrected chi connectivity index (χ4v) is 2.77. The van der Waals surface area contributed by atoms with E-state index < -0.39 is 0 Å². The number of hydrogen-bond donors (Lipinski definition) is 1. The molecule has 1 heterocycles. The van der Waals surface area contributed by atoms with Crippen LogP contribution in [0.2, 0.25) is 0 Å². The standard InChI is InChI=1S/C18H36N2O2/c1-17(2,3)11-9-8-10-15(19-18(4,5)6)16(21)20-12-14(13-20)22-7/h14-15,19H,8-13H2,1-7H3. The summed E-state index contributed by atoms with van der Waals surface area (Å²) in [6, 6.07) is -0.0715. The van der Waals surface area contributed by atoms with Gasteiger partial charge in [0.1, 0.15) is 0 Å². The largest absolute Gasteiger partial charge is 0.378 e. The normalized spacial score (nSPS) is 18.2. The molecule has 4 heteroatoms. The Labute approximate surface area is 137 Å². The SMILES string of the molecule is COC1CN(C(=O)C(CCCCC(C)(C)C)NC(C)(C)C)C1. The molecule has 1 amide bonds. The van der Waals surface area contributed by atoms with Crippen molar-refractivity contribution in [2.75, 3.05) is 20.2 Å². The molecule has 1 rings (SSSR count). The molecule has 130 valence electrons. The van der Waals surface area contributed by atoms with Crippen molar-refractivity contribution in [3.63, 3.8) is 0 Å². The van der Waals surface area contributed by atoms with Gasteiger partial charge in [0, 0.05) is 25.7 Å². The van der Waals surface area contributed by atoms with E-state index in [9.17, 15) is 4.79 Å². The van der Waals surface area contributed by atoms with Crippen molar-refractivity contribution in [3.05, 3.63) is 0 Å². The highest BCUT2D eigenvalue weighted by molar-refractivity contribution is 5.82. The molecule has 1 aliphatic rings. The maximum absolute atomic E-state index is 12.7. The van der Waals surface area contributed by atoms with Crippen LogP contribution in [0.1, 0.15) is 67.2 Å². The topological polar surface area (TPSA) is 41.6 Å². The number of nitrogens with one attached hydrogen (secondary N) is 1. The van der Waals surface area contributed by atoms with Gasteiger partial charge in [0.25, 0.3) is 0 Å². The zero-order valence-electron chi connectivity index (χ0n) is 15.7. The number of nitrogens with zero attached hydrogens (tertiary/aromatic N) is 1. The number of unbranched alkanes of at least 4 members (excludes halogenated alkanes) is 1. The van der Waals surface area contributed by atoms with Crippen molar-refractivity contribution in [2.24, 2.45) is 5.41 Å². The minimum Gasteiger partial charge on any atom is -0.378 e. The van der Waals surface area contributed by atoms with Gasteiger partial charge >= 0.3 is 0 Å². The third kappa shape index (κ3) is 7.10. The van der Waals surface area contributed by atoms with E-state index in [-0.39, 0.29) is 23.6 Å². The third-order valence-corrected chi connectivity index (χ3v) is 4.07. The second kappa shape index (κ2) is 7.78. The maximum Gasteiger partial charge on any atom is 0.239 e. The van der Waals surface area contributed by atoms with Crippen molar-refractivity contribution < 1.29 is 9.53 Å². The second-order valence-corrected chi connectivity index (χ2v) is 8.85. The summed E-state index contributed by atoms with van der Waals surface area (Å²) in [5, 5.41) is 3.50. The quantitative estimate of drug-likeness (QED) is 0.734. The van der Waals surface area contributed by atoms with Crippen molar-refractivity contribution in [1.29, 1.82) is 0 Å². The average Bonchev–Trinajstić information content (AvgIpc) is 2.28. The van der Waals surface area contributed by atoms with Crippen LogP contribution < -0.4 is 5.32 Å². The fourth-order valence-electron chi connectivity index (χ4n) is 2.77. The summed E-state index contributed by atoms with van der Waals surface area (Å²) in [4.78, 5) is 14.6. The lowest BCUT2D eigenvalue weighted by atomic mass is 9.89. The lowest BCUT2D eigenvalue weighted by molar-refractivity contribution is -0.146. The van der Waals surface area contributed by atoms with Gasteiger partial charge in [-0.2, -0.15) is 0 Å². The molecule has 1 saturated heterocycles. The summed E-state index contributed by atoms with van der Waals surface area (Å²) in [5.74, 6) is 0.235. The molecule has 0 aromatic carbocycles. The molecule has 0 bridgehead atoms. The number of hydrogen-bond acceptors (Lipinski definition) is 3. The van der Waals surface area contributed by atoms with E-state index >= 15 is 0 Å². The first-order valence-electron chi connectivity index (χ1n) is 8.61. The lowest BCUT2D eigenvalue weighted by Gasteiger charge is -2.41. The van der Waals surface area contributed by atoms with Crippen LogP contribution in [-0.4, -0.2) is 48.7 Å². The van der Waals surface area contributed by atoms with Gasteiger partial charge in [-0.1, -0.05) is 33.6 Å². The Balaban J connectivity index is 2.48. The highest BCUT2D eigenvalue weighted by atomic mass is 16.5. The predicted octanol–water partition coefficient (Wildman–Crippen LogP) is 3.21. The summed E-state index contributed by atoms with van der Waals surface area (Å²) in [6.07, 6.45) is 4.62. The molecule has 0 aliphatic carbocycles. The minimum absolute atomic E-state index is 0.0458. The maximum atomic E-state index is 12.7. The van der Waals surface area contributed by atoms with E-state index in [1.807, 2.05) is 4.90 Å². The summed E-state index contributed by atoms with van der Waals surface area (Å²) in [6.45, 7) is 14.7. The number of amides is 1. The summed E-state index contributed by atoms with van der Waals surface area (Å²) in [7, 11) is 1.71. The first-order valence-corrected chi connectivity index (χ1v) is 8.61. The van der Waals surface area contributed by atoms with Gasteiger partial charge in [-0.05, 0) is 39.0 Å². The van der Waals surface area contributed by atoms with Crippen LogP contribution in [0.15, 0.2) is 0 Å². The summed E-state index contributed by atoms with van der Waals surface area (Å²) >= 11 is 0. The molecular weight excluding hydrogens is 276 g/mol. The van der Waals surface area contributed by atoms with Crippen LogP contribution in [0.25, 0.3) is 0 Å². The van der Waals surface area contributed by atoms with Crippen LogP contribution in [0, 0.1) is 5.41 Å². The summed E-state index contributed by atoms with van der Waals surface area (Å²) in [5.41, 5.74) is 0.329. The highest BCUT2D eigenvalue weighted by Crippen LogP contribution is 2.23. The van der Waals surface area contributed by atoms with Gasteiger partial charge in [-0.25, -0.2) is 0 Å². The monoisotopic (exact) mass is 312 g/mol. The van der Waals surface area contributed by atoms with Crippen LogP contribution in [0.3, 0.4) is 0 Å². The van der Waals surface area contributed by atoms with Crippen molar-refractivity contribution >= 4 is 5.91 Å². The average molecular weight is 312 g/mol.